The Morgan fingerprint density at radius 2 is 1.69 bits per heavy atom. The van der Waals surface area contributed by atoms with Crippen LogP contribution in [0, 0.1) is 6.92 Å². The van der Waals surface area contributed by atoms with E-state index >= 15 is 0 Å². The standard InChI is InChI=1S/C41H44ClN5O7S/c1-6-41(3,4)29-17-19-33(27(2)23-29)54-22-12-21-46-38(43-31-15-10-11-16-35(31)55(46,51)52)37(39(49)44-32-24-30(42)18-20-34(32)53-5)47-36(48)26-45(40(47)50)25-28-13-8-7-9-14-28/h7-11,13-20,23-24,37H,6,12,21-22,25-26H2,1-5H3,(H,44,49). The van der Waals surface area contributed by atoms with Crippen molar-refractivity contribution in [3.63, 3.8) is 0 Å². The normalized spacial score (nSPS) is 15.7. The molecule has 2 aliphatic rings. The van der Waals surface area contributed by atoms with Gasteiger partial charge in [0, 0.05) is 24.5 Å². The molecule has 2 heterocycles. The summed E-state index contributed by atoms with van der Waals surface area (Å²) < 4.78 is 41.5. The fourth-order valence-electron chi connectivity index (χ4n) is 6.52. The van der Waals surface area contributed by atoms with E-state index in [-0.39, 0.29) is 71.0 Å². The van der Waals surface area contributed by atoms with Gasteiger partial charge in [-0.25, -0.2) is 23.1 Å². The van der Waals surface area contributed by atoms with Gasteiger partial charge in [-0.3, -0.25) is 13.9 Å². The summed E-state index contributed by atoms with van der Waals surface area (Å²) in [5, 5.41) is 3.01. The minimum Gasteiger partial charge on any atom is -0.495 e. The van der Waals surface area contributed by atoms with Gasteiger partial charge in [0.1, 0.15) is 22.9 Å². The van der Waals surface area contributed by atoms with Crippen molar-refractivity contribution in [2.75, 3.05) is 32.1 Å². The first-order valence-corrected chi connectivity index (χ1v) is 19.8. The average Bonchev–Trinajstić information content (AvgIpc) is 3.43. The van der Waals surface area contributed by atoms with Gasteiger partial charge in [-0.2, -0.15) is 0 Å². The second kappa shape index (κ2) is 16.1. The molecule has 0 aliphatic carbocycles. The number of methoxy groups -OCH3 is 1. The van der Waals surface area contributed by atoms with Crippen LogP contribution in [0.1, 0.15) is 50.3 Å². The lowest BCUT2D eigenvalue weighted by atomic mass is 9.81. The van der Waals surface area contributed by atoms with E-state index < -0.39 is 33.9 Å². The van der Waals surface area contributed by atoms with Crippen LogP contribution < -0.4 is 14.8 Å². The number of fused-ring (bicyclic) bond motifs is 1. The molecule has 1 atom stereocenters. The van der Waals surface area contributed by atoms with Crippen molar-refractivity contribution >= 4 is 56.7 Å². The van der Waals surface area contributed by atoms with Gasteiger partial charge in [0.15, 0.2) is 11.9 Å². The molecule has 2 aliphatic heterocycles. The number of aryl methyl sites for hydroxylation is 1. The number of sulfonamides is 1. The summed E-state index contributed by atoms with van der Waals surface area (Å²) in [6.07, 6.45) is 1.15. The van der Waals surface area contributed by atoms with Crippen LogP contribution in [-0.4, -0.2) is 79.1 Å². The minimum absolute atomic E-state index is 0.00460. The van der Waals surface area contributed by atoms with Gasteiger partial charge in [0.25, 0.3) is 21.8 Å². The van der Waals surface area contributed by atoms with E-state index in [4.69, 9.17) is 26.1 Å². The molecule has 0 spiro atoms. The van der Waals surface area contributed by atoms with Crippen molar-refractivity contribution in [2.45, 2.75) is 63.4 Å². The minimum atomic E-state index is -4.35. The lowest BCUT2D eigenvalue weighted by molar-refractivity contribution is -0.130. The van der Waals surface area contributed by atoms with E-state index in [1.165, 1.54) is 35.8 Å². The number of nitrogens with one attached hydrogen (secondary N) is 1. The molecule has 6 rings (SSSR count). The molecule has 0 aromatic heterocycles. The third kappa shape index (κ3) is 8.18. The van der Waals surface area contributed by atoms with Crippen LogP contribution in [0.5, 0.6) is 11.5 Å². The van der Waals surface area contributed by atoms with Crippen LogP contribution in [-0.2, 0) is 31.6 Å². The van der Waals surface area contributed by atoms with Crippen molar-refractivity contribution in [1.82, 2.24) is 14.1 Å². The summed E-state index contributed by atoms with van der Waals surface area (Å²) in [4.78, 5) is 49.3. The van der Waals surface area contributed by atoms with Crippen LogP contribution in [0.3, 0.4) is 0 Å². The maximum Gasteiger partial charge on any atom is 0.328 e. The molecule has 288 valence electrons. The Kier molecular flexibility index (Phi) is 11.5. The molecular formula is C41H44ClN5O7S. The zero-order valence-electron chi connectivity index (χ0n) is 31.4. The van der Waals surface area contributed by atoms with Gasteiger partial charge in [0.2, 0.25) is 0 Å². The summed E-state index contributed by atoms with van der Waals surface area (Å²) in [5.74, 6) is -1.00. The molecule has 1 unspecified atom stereocenters. The van der Waals surface area contributed by atoms with Crippen molar-refractivity contribution in [3.8, 4) is 11.5 Å². The summed E-state index contributed by atoms with van der Waals surface area (Å²) >= 11 is 6.28. The van der Waals surface area contributed by atoms with Crippen molar-refractivity contribution in [3.05, 3.63) is 113 Å². The van der Waals surface area contributed by atoms with Crippen LogP contribution in [0.4, 0.5) is 16.2 Å². The SMILES string of the molecule is CCC(C)(C)c1ccc(OCCCN2C(C(C(=O)Nc3cc(Cl)ccc3OC)N3C(=O)CN(Cc4ccccc4)C3=O)=Nc3ccccc3S2(=O)=O)c(C)c1. The maximum absolute atomic E-state index is 14.6. The highest BCUT2D eigenvalue weighted by atomic mass is 35.5. The molecule has 1 fully saturated rings. The molecule has 4 aromatic rings. The fraction of sp³-hybridized carbons (Fsp3) is 0.317. The van der Waals surface area contributed by atoms with Crippen molar-refractivity contribution < 1.29 is 32.3 Å². The Hall–Kier alpha value is -5.40. The van der Waals surface area contributed by atoms with Gasteiger partial charge < -0.3 is 19.7 Å². The summed E-state index contributed by atoms with van der Waals surface area (Å²) in [6.45, 7) is 8.17. The van der Waals surface area contributed by atoms with E-state index in [9.17, 15) is 22.8 Å². The van der Waals surface area contributed by atoms with E-state index in [0.717, 1.165) is 26.8 Å². The number of amidine groups is 1. The number of benzene rings is 4. The molecule has 0 saturated carbocycles. The average molecular weight is 786 g/mol. The van der Waals surface area contributed by atoms with Crippen LogP contribution >= 0.6 is 11.6 Å². The molecule has 4 amide bonds. The third-order valence-electron chi connectivity index (χ3n) is 9.99. The number of aliphatic imine (C=N–C) groups is 1. The highest BCUT2D eigenvalue weighted by Gasteiger charge is 2.50. The smallest absolute Gasteiger partial charge is 0.328 e. The van der Waals surface area contributed by atoms with Crippen molar-refractivity contribution in [1.29, 1.82) is 0 Å². The Morgan fingerprint density at radius 1 is 0.982 bits per heavy atom. The van der Waals surface area contributed by atoms with E-state index in [1.807, 2.05) is 49.4 Å². The van der Waals surface area contributed by atoms with Crippen molar-refractivity contribution in [2.24, 2.45) is 4.99 Å². The molecule has 55 heavy (non-hydrogen) atoms. The molecule has 1 N–H and O–H groups in total. The first kappa shape index (κ1) is 39.3. The summed E-state index contributed by atoms with van der Waals surface area (Å²) in [6, 6.07) is 23.2. The Balaban J connectivity index is 1.36. The number of anilines is 1. The van der Waals surface area contributed by atoms with Gasteiger partial charge in [-0.05, 0) is 71.8 Å². The number of carbonyl (C=O) groups excluding carboxylic acids is 3. The molecular weight excluding hydrogens is 742 g/mol. The summed E-state index contributed by atoms with van der Waals surface area (Å²) in [7, 11) is -2.94. The first-order chi connectivity index (χ1) is 26.2. The number of ether oxygens (including phenoxy) is 2. The number of nitrogens with zero attached hydrogens (tertiary/aromatic N) is 4. The second-order valence-corrected chi connectivity index (χ2v) is 16.3. The largest absolute Gasteiger partial charge is 0.495 e. The highest BCUT2D eigenvalue weighted by Crippen LogP contribution is 2.36. The Labute approximate surface area is 326 Å². The van der Waals surface area contributed by atoms with E-state index in [2.05, 4.69) is 32.2 Å². The third-order valence-corrected chi connectivity index (χ3v) is 12.1. The highest BCUT2D eigenvalue weighted by molar-refractivity contribution is 7.90. The topological polar surface area (TPSA) is 138 Å². The lowest BCUT2D eigenvalue weighted by Crippen LogP contribution is -2.58. The van der Waals surface area contributed by atoms with Crippen LogP contribution in [0.15, 0.2) is 101 Å². The predicted octanol–water partition coefficient (Wildman–Crippen LogP) is 7.32. The predicted molar refractivity (Wildman–Crippen MR) is 212 cm³/mol. The van der Waals surface area contributed by atoms with Gasteiger partial charge >= 0.3 is 6.03 Å². The number of para-hydroxylation sites is 1. The maximum atomic E-state index is 14.6. The Morgan fingerprint density at radius 3 is 2.40 bits per heavy atom. The molecule has 12 nitrogen and oxygen atoms in total. The van der Waals surface area contributed by atoms with E-state index in [1.54, 1.807) is 24.3 Å². The zero-order chi connectivity index (χ0) is 39.5. The number of carbonyl (C=O) groups is 3. The molecule has 0 bridgehead atoms. The monoisotopic (exact) mass is 785 g/mol. The number of hydrogen-bond donors (Lipinski definition) is 1. The van der Waals surface area contributed by atoms with Gasteiger partial charge in [-0.1, -0.05) is 87.0 Å². The second-order valence-electron chi connectivity index (χ2n) is 14.1. The number of urea groups is 1. The van der Waals surface area contributed by atoms with E-state index in [0.29, 0.717) is 5.75 Å². The van der Waals surface area contributed by atoms with Gasteiger partial charge in [0.05, 0.1) is 25.1 Å². The number of hydrogen-bond acceptors (Lipinski definition) is 8. The number of rotatable bonds is 14. The summed E-state index contributed by atoms with van der Waals surface area (Å²) in [5.41, 5.74) is 3.10. The lowest BCUT2D eigenvalue weighted by Gasteiger charge is -2.35. The molecule has 1 saturated heterocycles. The molecule has 0 radical (unpaired) electrons. The zero-order valence-corrected chi connectivity index (χ0v) is 33.0. The molecule has 4 aromatic carbocycles. The van der Waals surface area contributed by atoms with Gasteiger partial charge in [-0.15, -0.1) is 0 Å². The quantitative estimate of drug-likeness (QED) is 0.105. The fourth-order valence-corrected chi connectivity index (χ4v) is 8.32. The molecule has 14 heteroatoms. The number of imide groups is 1. The first-order valence-electron chi connectivity index (χ1n) is 18.0. The van der Waals surface area contributed by atoms with Crippen LogP contribution in [0.25, 0.3) is 0 Å². The number of halogens is 1. The Bertz CT molecular complexity index is 2250. The van der Waals surface area contributed by atoms with Crippen LogP contribution in [0.2, 0.25) is 5.02 Å². The number of amides is 4.